The third kappa shape index (κ3) is 6.58. The zero-order valence-electron chi connectivity index (χ0n) is 11.1. The van der Waals surface area contributed by atoms with Crippen LogP contribution in [0.1, 0.15) is 53.4 Å². The van der Waals surface area contributed by atoms with Gasteiger partial charge in [-0.05, 0) is 24.9 Å². The summed E-state index contributed by atoms with van der Waals surface area (Å²) >= 11 is 6.49. The van der Waals surface area contributed by atoms with Crippen LogP contribution in [-0.4, -0.2) is 13.7 Å². The molecular formula is C13H25ClOSi. The van der Waals surface area contributed by atoms with E-state index in [-0.39, 0.29) is 6.10 Å². The molecule has 0 rings (SSSR count). The molecule has 94 valence electrons. The van der Waals surface area contributed by atoms with Gasteiger partial charge in [-0.2, -0.15) is 0 Å². The van der Waals surface area contributed by atoms with E-state index in [0.29, 0.717) is 0 Å². The predicted molar refractivity (Wildman–Crippen MR) is 75.0 cm³/mol. The van der Waals surface area contributed by atoms with E-state index in [1.165, 1.54) is 0 Å². The highest BCUT2D eigenvalue weighted by Gasteiger charge is 2.30. The zero-order chi connectivity index (χ0) is 12.4. The summed E-state index contributed by atoms with van der Waals surface area (Å²) in [6, 6.07) is 1.95. The van der Waals surface area contributed by atoms with Crippen molar-refractivity contribution in [1.82, 2.24) is 0 Å². The minimum absolute atomic E-state index is 0.230. The van der Waals surface area contributed by atoms with E-state index in [0.717, 1.165) is 37.8 Å². The van der Waals surface area contributed by atoms with Crippen LogP contribution in [0.4, 0.5) is 0 Å². The van der Waals surface area contributed by atoms with Gasteiger partial charge in [-0.15, -0.1) is 22.9 Å². The van der Waals surface area contributed by atoms with Crippen LogP contribution >= 0.6 is 11.1 Å². The molecule has 0 N–H and O–H groups in total. The van der Waals surface area contributed by atoms with Gasteiger partial charge in [0, 0.05) is 12.8 Å². The third-order valence-corrected chi connectivity index (χ3v) is 7.46. The molecule has 0 aromatic heterocycles. The van der Waals surface area contributed by atoms with Crippen molar-refractivity contribution < 1.29 is 4.43 Å². The first-order chi connectivity index (χ1) is 7.61. The Morgan fingerprint density at radius 1 is 1.12 bits per heavy atom. The van der Waals surface area contributed by atoms with Crippen molar-refractivity contribution in [3.63, 3.8) is 0 Å². The van der Waals surface area contributed by atoms with Gasteiger partial charge in [0.05, 0.1) is 6.10 Å². The van der Waals surface area contributed by atoms with E-state index in [4.69, 9.17) is 15.5 Å². The maximum absolute atomic E-state index is 6.49. The third-order valence-electron chi connectivity index (χ3n) is 2.72. The van der Waals surface area contributed by atoms with Crippen molar-refractivity contribution in [3.05, 3.63) is 0 Å². The second-order valence-electron chi connectivity index (χ2n) is 4.05. The van der Waals surface area contributed by atoms with Crippen molar-refractivity contribution in [2.75, 3.05) is 0 Å². The lowest BCUT2D eigenvalue weighted by Crippen LogP contribution is -2.34. The fraction of sp³-hybridized carbons (Fsp3) is 0.846. The van der Waals surface area contributed by atoms with E-state index < -0.39 is 7.63 Å². The first-order valence-electron chi connectivity index (χ1n) is 6.44. The van der Waals surface area contributed by atoms with Crippen LogP contribution in [0.15, 0.2) is 0 Å². The van der Waals surface area contributed by atoms with Gasteiger partial charge < -0.3 is 4.43 Å². The van der Waals surface area contributed by atoms with E-state index in [2.05, 4.69) is 39.5 Å². The van der Waals surface area contributed by atoms with E-state index >= 15 is 0 Å². The number of rotatable bonds is 7. The lowest BCUT2D eigenvalue weighted by molar-refractivity contribution is 0.197. The summed E-state index contributed by atoms with van der Waals surface area (Å²) in [6.07, 6.45) is 4.18. The lowest BCUT2D eigenvalue weighted by atomic mass is 10.2. The van der Waals surface area contributed by atoms with Crippen LogP contribution < -0.4 is 0 Å². The highest BCUT2D eigenvalue weighted by molar-refractivity contribution is 7.16. The minimum Gasteiger partial charge on any atom is -0.399 e. The molecular weight excluding hydrogens is 236 g/mol. The Balaban J connectivity index is 4.15. The molecule has 0 spiro atoms. The molecule has 0 bridgehead atoms. The smallest absolute Gasteiger partial charge is 0.289 e. The van der Waals surface area contributed by atoms with Crippen molar-refractivity contribution in [2.24, 2.45) is 0 Å². The summed E-state index contributed by atoms with van der Waals surface area (Å²) in [6.45, 7) is 8.53. The molecule has 1 nitrogen and oxygen atoms in total. The fourth-order valence-electron chi connectivity index (χ4n) is 1.38. The molecule has 0 aromatic carbocycles. The SMILES string of the molecule is CCCC#CCC(CC)O[Si](Cl)(CC)CC. The summed E-state index contributed by atoms with van der Waals surface area (Å²) in [5.41, 5.74) is 0. The lowest BCUT2D eigenvalue weighted by Gasteiger charge is -2.26. The van der Waals surface area contributed by atoms with Crippen molar-refractivity contribution in [2.45, 2.75) is 71.6 Å². The Labute approximate surface area is 107 Å². The molecule has 0 saturated heterocycles. The van der Waals surface area contributed by atoms with Gasteiger partial charge in [-0.1, -0.05) is 27.7 Å². The molecule has 16 heavy (non-hydrogen) atoms. The van der Waals surface area contributed by atoms with Crippen molar-refractivity contribution in [3.8, 4) is 11.8 Å². The van der Waals surface area contributed by atoms with Gasteiger partial charge in [0.25, 0.3) is 7.63 Å². The number of hydrogen-bond donors (Lipinski definition) is 0. The second-order valence-corrected chi connectivity index (χ2v) is 9.53. The zero-order valence-corrected chi connectivity index (χ0v) is 12.9. The maximum Gasteiger partial charge on any atom is 0.289 e. The van der Waals surface area contributed by atoms with E-state index in [1.807, 2.05) is 0 Å². The number of halogens is 1. The van der Waals surface area contributed by atoms with Crippen LogP contribution in [0.2, 0.25) is 12.1 Å². The normalized spacial score (nSPS) is 13.1. The number of unbranched alkanes of at least 4 members (excludes halogenated alkanes) is 1. The summed E-state index contributed by atoms with van der Waals surface area (Å²) in [7, 11) is -1.95. The van der Waals surface area contributed by atoms with Gasteiger partial charge in [0.2, 0.25) is 0 Å². The van der Waals surface area contributed by atoms with E-state index in [1.54, 1.807) is 0 Å². The Morgan fingerprint density at radius 2 is 1.75 bits per heavy atom. The Hall–Kier alpha value is 0.0269. The summed E-state index contributed by atoms with van der Waals surface area (Å²) in [4.78, 5) is 0. The van der Waals surface area contributed by atoms with Gasteiger partial charge in [0.1, 0.15) is 0 Å². The van der Waals surface area contributed by atoms with Gasteiger partial charge in [-0.25, -0.2) is 0 Å². The first kappa shape index (κ1) is 16.0. The molecule has 0 fully saturated rings. The van der Waals surface area contributed by atoms with Crippen LogP contribution in [-0.2, 0) is 4.43 Å². The van der Waals surface area contributed by atoms with Crippen molar-refractivity contribution >= 4 is 18.7 Å². The standard InChI is InChI=1S/C13H25ClOSi/c1-5-9-10-11-12-13(6-2)15-16(14,7-3)8-4/h13H,5-9,12H2,1-4H3. The van der Waals surface area contributed by atoms with E-state index in [9.17, 15) is 0 Å². The molecule has 0 amide bonds. The topological polar surface area (TPSA) is 9.23 Å². The van der Waals surface area contributed by atoms with Gasteiger partial charge >= 0.3 is 0 Å². The Kier molecular flexibility index (Phi) is 9.11. The van der Waals surface area contributed by atoms with Crippen molar-refractivity contribution in [1.29, 1.82) is 0 Å². The molecule has 0 saturated carbocycles. The highest BCUT2D eigenvalue weighted by Crippen LogP contribution is 2.25. The Morgan fingerprint density at radius 3 is 2.19 bits per heavy atom. The predicted octanol–water partition coefficient (Wildman–Crippen LogP) is 4.70. The second kappa shape index (κ2) is 9.10. The number of hydrogen-bond acceptors (Lipinski definition) is 1. The van der Waals surface area contributed by atoms with Crippen LogP contribution in [0.3, 0.4) is 0 Å². The first-order valence-corrected chi connectivity index (χ1v) is 9.77. The van der Waals surface area contributed by atoms with Gasteiger partial charge in [0.15, 0.2) is 0 Å². The molecule has 1 atom stereocenters. The highest BCUT2D eigenvalue weighted by atomic mass is 35.6. The van der Waals surface area contributed by atoms with Crippen LogP contribution in [0, 0.1) is 11.8 Å². The van der Waals surface area contributed by atoms with Gasteiger partial charge in [-0.3, -0.25) is 0 Å². The minimum atomic E-state index is -1.95. The summed E-state index contributed by atoms with van der Waals surface area (Å²) < 4.78 is 6.07. The molecule has 0 aliphatic carbocycles. The van der Waals surface area contributed by atoms with Crippen LogP contribution in [0.5, 0.6) is 0 Å². The molecule has 0 aliphatic heterocycles. The molecule has 0 aliphatic rings. The quantitative estimate of drug-likeness (QED) is 0.366. The molecule has 0 heterocycles. The average molecular weight is 261 g/mol. The largest absolute Gasteiger partial charge is 0.399 e. The van der Waals surface area contributed by atoms with Crippen LogP contribution in [0.25, 0.3) is 0 Å². The Bertz CT molecular complexity index is 228. The summed E-state index contributed by atoms with van der Waals surface area (Å²) in [5.74, 6) is 6.36. The molecule has 3 heteroatoms. The molecule has 0 radical (unpaired) electrons. The fourth-order valence-corrected chi connectivity index (χ4v) is 3.44. The summed E-state index contributed by atoms with van der Waals surface area (Å²) in [5, 5.41) is 0. The molecule has 0 aromatic rings. The maximum atomic E-state index is 6.49. The monoisotopic (exact) mass is 260 g/mol. The average Bonchev–Trinajstić information content (AvgIpc) is 2.32. The molecule has 1 unspecified atom stereocenters.